The van der Waals surface area contributed by atoms with Crippen molar-refractivity contribution in [1.82, 2.24) is 0 Å². The molecule has 0 spiro atoms. The van der Waals surface area contributed by atoms with Crippen molar-refractivity contribution < 1.29 is 4.74 Å². The second-order valence-electron chi connectivity index (χ2n) is 4.27. The van der Waals surface area contributed by atoms with Crippen molar-refractivity contribution in [3.63, 3.8) is 0 Å². The van der Waals surface area contributed by atoms with Crippen molar-refractivity contribution in [3.8, 4) is 5.75 Å². The molecule has 15 heavy (non-hydrogen) atoms. The van der Waals surface area contributed by atoms with Gasteiger partial charge >= 0.3 is 0 Å². The topological polar surface area (TPSA) is 9.23 Å². The van der Waals surface area contributed by atoms with Crippen LogP contribution in [0.1, 0.15) is 36.8 Å². The van der Waals surface area contributed by atoms with Gasteiger partial charge < -0.3 is 4.74 Å². The van der Waals surface area contributed by atoms with Gasteiger partial charge in [0.25, 0.3) is 0 Å². The van der Waals surface area contributed by atoms with Gasteiger partial charge in [-0.05, 0) is 38.7 Å². The Morgan fingerprint density at radius 2 is 2.07 bits per heavy atom. The molecular weight excluding hydrogens is 208 g/mol. The minimum Gasteiger partial charge on any atom is -0.490 e. The molecule has 2 rings (SSSR count). The van der Waals surface area contributed by atoms with Gasteiger partial charge in [0, 0.05) is 5.56 Å². The molecule has 1 aromatic carbocycles. The van der Waals surface area contributed by atoms with Gasteiger partial charge in [-0.3, -0.25) is 0 Å². The van der Waals surface area contributed by atoms with Gasteiger partial charge in [0.1, 0.15) is 5.75 Å². The summed E-state index contributed by atoms with van der Waals surface area (Å²) in [5.74, 6) is 1.51. The van der Waals surface area contributed by atoms with Crippen molar-refractivity contribution in [2.24, 2.45) is 0 Å². The molecule has 1 aromatic rings. The molecule has 2 heteroatoms. The number of rotatable bonds is 3. The highest BCUT2D eigenvalue weighted by Crippen LogP contribution is 2.28. The molecule has 0 radical (unpaired) electrons. The standard InChI is InChI=1S/C13H17ClO/c1-10-6-7-13(11(8-10)9-14)15-12-4-2-3-5-12/h6-8,12H,2-5,9H2,1H3. The normalized spacial score (nSPS) is 16.9. The van der Waals surface area contributed by atoms with E-state index in [0.717, 1.165) is 11.3 Å². The maximum Gasteiger partial charge on any atom is 0.124 e. The molecule has 0 saturated heterocycles. The fraction of sp³-hybridized carbons (Fsp3) is 0.538. The highest BCUT2D eigenvalue weighted by Gasteiger charge is 2.17. The lowest BCUT2D eigenvalue weighted by molar-refractivity contribution is 0.208. The number of hydrogen-bond acceptors (Lipinski definition) is 1. The van der Waals surface area contributed by atoms with Gasteiger partial charge in [-0.15, -0.1) is 11.6 Å². The summed E-state index contributed by atoms with van der Waals surface area (Å²) in [5.41, 5.74) is 2.35. The molecule has 0 aliphatic heterocycles. The highest BCUT2D eigenvalue weighted by atomic mass is 35.5. The molecule has 0 bridgehead atoms. The summed E-state index contributed by atoms with van der Waals surface area (Å²) >= 11 is 5.91. The highest BCUT2D eigenvalue weighted by molar-refractivity contribution is 6.17. The maximum atomic E-state index is 5.97. The van der Waals surface area contributed by atoms with Crippen LogP contribution >= 0.6 is 11.6 Å². The van der Waals surface area contributed by atoms with Crippen molar-refractivity contribution in [1.29, 1.82) is 0 Å². The van der Waals surface area contributed by atoms with E-state index in [9.17, 15) is 0 Å². The molecule has 82 valence electrons. The molecule has 0 amide bonds. The fourth-order valence-electron chi connectivity index (χ4n) is 2.11. The average molecular weight is 225 g/mol. The number of ether oxygens (including phenoxy) is 1. The van der Waals surface area contributed by atoms with Crippen molar-refractivity contribution in [3.05, 3.63) is 29.3 Å². The molecule has 0 aromatic heterocycles. The Morgan fingerprint density at radius 3 is 2.73 bits per heavy atom. The fourth-order valence-corrected chi connectivity index (χ4v) is 2.32. The summed E-state index contributed by atoms with van der Waals surface area (Å²) in [5, 5.41) is 0. The van der Waals surface area contributed by atoms with Crippen LogP contribution in [-0.4, -0.2) is 6.10 Å². The lowest BCUT2D eigenvalue weighted by Crippen LogP contribution is -2.11. The number of hydrogen-bond donors (Lipinski definition) is 0. The zero-order valence-corrected chi connectivity index (χ0v) is 9.89. The zero-order valence-electron chi connectivity index (χ0n) is 9.13. The summed E-state index contributed by atoms with van der Waals surface area (Å²) < 4.78 is 5.97. The first kappa shape index (κ1) is 10.8. The van der Waals surface area contributed by atoms with E-state index in [-0.39, 0.29) is 0 Å². The summed E-state index contributed by atoms with van der Waals surface area (Å²) in [4.78, 5) is 0. The van der Waals surface area contributed by atoms with Crippen molar-refractivity contribution in [2.45, 2.75) is 44.6 Å². The molecule has 0 heterocycles. The predicted octanol–water partition coefficient (Wildman–Crippen LogP) is 4.06. The molecule has 0 N–H and O–H groups in total. The van der Waals surface area contributed by atoms with E-state index in [1.165, 1.54) is 31.2 Å². The Kier molecular flexibility index (Phi) is 3.53. The number of benzene rings is 1. The first-order valence-corrected chi connectivity index (χ1v) is 6.15. The van der Waals surface area contributed by atoms with Gasteiger partial charge in [-0.1, -0.05) is 17.7 Å². The Balaban J connectivity index is 2.12. The quantitative estimate of drug-likeness (QED) is 0.704. The summed E-state index contributed by atoms with van der Waals surface area (Å²) in [6.45, 7) is 2.08. The number of halogens is 1. The van der Waals surface area contributed by atoms with Crippen LogP contribution in [0.4, 0.5) is 0 Å². The number of aryl methyl sites for hydroxylation is 1. The third-order valence-corrected chi connectivity index (χ3v) is 3.24. The largest absolute Gasteiger partial charge is 0.490 e. The Hall–Kier alpha value is -0.690. The third-order valence-electron chi connectivity index (χ3n) is 2.96. The number of alkyl halides is 1. The van der Waals surface area contributed by atoms with E-state index < -0.39 is 0 Å². The summed E-state index contributed by atoms with van der Waals surface area (Å²) in [6.07, 6.45) is 5.39. The van der Waals surface area contributed by atoms with Crippen LogP contribution in [0.5, 0.6) is 5.75 Å². The molecule has 0 atom stereocenters. The molecule has 1 fully saturated rings. The van der Waals surface area contributed by atoms with Gasteiger partial charge in [0.05, 0.1) is 12.0 Å². The predicted molar refractivity (Wildman–Crippen MR) is 63.6 cm³/mol. The lowest BCUT2D eigenvalue weighted by Gasteiger charge is -2.16. The van der Waals surface area contributed by atoms with Crippen molar-refractivity contribution >= 4 is 11.6 Å². The Morgan fingerprint density at radius 1 is 1.33 bits per heavy atom. The molecule has 1 aliphatic carbocycles. The van der Waals surface area contributed by atoms with E-state index in [0.29, 0.717) is 12.0 Å². The molecule has 1 aliphatic rings. The van der Waals surface area contributed by atoms with Crippen LogP contribution in [-0.2, 0) is 5.88 Å². The van der Waals surface area contributed by atoms with E-state index in [4.69, 9.17) is 16.3 Å². The van der Waals surface area contributed by atoms with Gasteiger partial charge in [0.2, 0.25) is 0 Å². The van der Waals surface area contributed by atoms with Crippen molar-refractivity contribution in [2.75, 3.05) is 0 Å². The second-order valence-corrected chi connectivity index (χ2v) is 4.54. The molecule has 0 unspecified atom stereocenters. The SMILES string of the molecule is Cc1ccc(OC2CCCC2)c(CCl)c1. The van der Waals surface area contributed by atoms with E-state index in [2.05, 4.69) is 19.1 Å². The first-order chi connectivity index (χ1) is 7.29. The van der Waals surface area contributed by atoms with Crippen LogP contribution in [0.2, 0.25) is 0 Å². The van der Waals surface area contributed by atoms with Crippen LogP contribution in [0.3, 0.4) is 0 Å². The maximum absolute atomic E-state index is 5.97. The van der Waals surface area contributed by atoms with Crippen LogP contribution in [0.15, 0.2) is 18.2 Å². The van der Waals surface area contributed by atoms with Gasteiger partial charge in [0.15, 0.2) is 0 Å². The van der Waals surface area contributed by atoms with E-state index in [1.54, 1.807) is 0 Å². The smallest absolute Gasteiger partial charge is 0.124 e. The van der Waals surface area contributed by atoms with Gasteiger partial charge in [-0.25, -0.2) is 0 Å². The minimum absolute atomic E-state index is 0.412. The van der Waals surface area contributed by atoms with Crippen LogP contribution in [0.25, 0.3) is 0 Å². The Labute approximate surface area is 96.4 Å². The van der Waals surface area contributed by atoms with E-state index in [1.807, 2.05) is 6.07 Å². The monoisotopic (exact) mass is 224 g/mol. The third kappa shape index (κ3) is 2.66. The summed E-state index contributed by atoms with van der Waals surface area (Å²) in [6, 6.07) is 6.24. The Bertz CT molecular complexity index is 329. The van der Waals surface area contributed by atoms with Gasteiger partial charge in [-0.2, -0.15) is 0 Å². The molecular formula is C13H17ClO. The second kappa shape index (κ2) is 4.89. The molecule has 1 nitrogen and oxygen atoms in total. The average Bonchev–Trinajstić information content (AvgIpc) is 2.73. The zero-order chi connectivity index (χ0) is 10.7. The van der Waals surface area contributed by atoms with Crippen LogP contribution < -0.4 is 4.74 Å². The first-order valence-electron chi connectivity index (χ1n) is 5.62. The minimum atomic E-state index is 0.412. The lowest BCUT2D eigenvalue weighted by atomic mass is 10.1. The molecule has 1 saturated carbocycles. The van der Waals surface area contributed by atoms with Crippen LogP contribution in [0, 0.1) is 6.92 Å². The summed E-state index contributed by atoms with van der Waals surface area (Å²) in [7, 11) is 0. The van der Waals surface area contributed by atoms with E-state index >= 15 is 0 Å².